The highest BCUT2D eigenvalue weighted by Crippen LogP contribution is 2.34. The summed E-state index contributed by atoms with van der Waals surface area (Å²) in [6.45, 7) is 6.79. The molecule has 5 heteroatoms. The van der Waals surface area contributed by atoms with Gasteiger partial charge in [-0.2, -0.15) is 0 Å². The van der Waals surface area contributed by atoms with Gasteiger partial charge in [0.15, 0.2) is 11.5 Å². The van der Waals surface area contributed by atoms with Crippen LogP contribution in [0.15, 0.2) is 42.5 Å². The highest BCUT2D eigenvalue weighted by Gasteiger charge is 2.26. The number of fused-ring (bicyclic) bond motifs is 1. The number of hydrogen-bond donors (Lipinski definition) is 0. The second kappa shape index (κ2) is 7.13. The predicted molar refractivity (Wildman–Crippen MR) is 94.9 cm³/mol. The standard InChI is InChI=1S/C20H22FNO3/c1-13(2)22(17-7-5-16(21)6-8-17)20(23)14(3)15-4-9-18-19(12-15)25-11-10-24-18/h4-9,12-14H,10-11H2,1-3H3. The molecule has 2 aromatic carbocycles. The number of ether oxygens (including phenoxy) is 2. The number of halogens is 1. The molecule has 0 aromatic heterocycles. The lowest BCUT2D eigenvalue weighted by molar-refractivity contribution is -0.120. The number of anilines is 1. The molecule has 132 valence electrons. The fourth-order valence-electron chi connectivity index (χ4n) is 2.96. The lowest BCUT2D eigenvalue weighted by Gasteiger charge is -2.30. The topological polar surface area (TPSA) is 38.8 Å². The van der Waals surface area contributed by atoms with Crippen molar-refractivity contribution in [2.75, 3.05) is 18.1 Å². The first-order valence-electron chi connectivity index (χ1n) is 8.45. The Morgan fingerprint density at radius 1 is 1.00 bits per heavy atom. The van der Waals surface area contributed by atoms with Gasteiger partial charge in [0.1, 0.15) is 19.0 Å². The van der Waals surface area contributed by atoms with Crippen molar-refractivity contribution in [1.82, 2.24) is 0 Å². The molecule has 0 aliphatic carbocycles. The second-order valence-electron chi connectivity index (χ2n) is 6.40. The van der Waals surface area contributed by atoms with Crippen molar-refractivity contribution in [3.05, 3.63) is 53.8 Å². The third-order valence-corrected chi connectivity index (χ3v) is 4.30. The molecule has 0 saturated carbocycles. The predicted octanol–water partition coefficient (Wildman–Crippen LogP) is 4.14. The summed E-state index contributed by atoms with van der Waals surface area (Å²) >= 11 is 0. The molecule has 0 saturated heterocycles. The summed E-state index contributed by atoms with van der Waals surface area (Å²) < 4.78 is 24.3. The van der Waals surface area contributed by atoms with E-state index in [0.29, 0.717) is 30.4 Å². The normalized spacial score (nSPS) is 14.3. The molecule has 1 atom stereocenters. The minimum absolute atomic E-state index is 0.0433. The zero-order chi connectivity index (χ0) is 18.0. The smallest absolute Gasteiger partial charge is 0.234 e. The molecule has 1 aliphatic heterocycles. The van der Waals surface area contributed by atoms with Crippen LogP contribution in [0.25, 0.3) is 0 Å². The fourth-order valence-corrected chi connectivity index (χ4v) is 2.96. The maximum Gasteiger partial charge on any atom is 0.234 e. The van der Waals surface area contributed by atoms with E-state index >= 15 is 0 Å². The Labute approximate surface area is 147 Å². The highest BCUT2D eigenvalue weighted by molar-refractivity contribution is 5.98. The Balaban J connectivity index is 1.87. The molecule has 1 aliphatic rings. The highest BCUT2D eigenvalue weighted by atomic mass is 19.1. The minimum Gasteiger partial charge on any atom is -0.486 e. The number of hydrogen-bond acceptors (Lipinski definition) is 3. The lowest BCUT2D eigenvalue weighted by atomic mass is 9.98. The Morgan fingerprint density at radius 3 is 2.28 bits per heavy atom. The van der Waals surface area contributed by atoms with Crippen molar-refractivity contribution >= 4 is 11.6 Å². The van der Waals surface area contributed by atoms with Crippen LogP contribution in [0.1, 0.15) is 32.3 Å². The number of carbonyl (C=O) groups is 1. The van der Waals surface area contributed by atoms with Gasteiger partial charge >= 0.3 is 0 Å². The molecule has 0 radical (unpaired) electrons. The van der Waals surface area contributed by atoms with Crippen LogP contribution in [0, 0.1) is 5.82 Å². The number of rotatable bonds is 4. The van der Waals surface area contributed by atoms with E-state index in [2.05, 4.69) is 0 Å². The summed E-state index contributed by atoms with van der Waals surface area (Å²) in [7, 11) is 0. The van der Waals surface area contributed by atoms with Crippen LogP contribution < -0.4 is 14.4 Å². The Hall–Kier alpha value is -2.56. The van der Waals surface area contributed by atoms with Crippen molar-refractivity contribution in [1.29, 1.82) is 0 Å². The van der Waals surface area contributed by atoms with E-state index in [1.807, 2.05) is 39.0 Å². The zero-order valence-electron chi connectivity index (χ0n) is 14.7. The largest absolute Gasteiger partial charge is 0.486 e. The van der Waals surface area contributed by atoms with Crippen molar-refractivity contribution in [3.8, 4) is 11.5 Å². The van der Waals surface area contributed by atoms with E-state index in [9.17, 15) is 9.18 Å². The van der Waals surface area contributed by atoms with Gasteiger partial charge in [-0.1, -0.05) is 6.07 Å². The first kappa shape index (κ1) is 17.3. The van der Waals surface area contributed by atoms with Gasteiger partial charge in [0, 0.05) is 11.7 Å². The summed E-state index contributed by atoms with van der Waals surface area (Å²) in [4.78, 5) is 14.8. The fraction of sp³-hybridized carbons (Fsp3) is 0.350. The van der Waals surface area contributed by atoms with Crippen molar-refractivity contribution in [2.45, 2.75) is 32.7 Å². The average Bonchev–Trinajstić information content (AvgIpc) is 2.62. The molecule has 1 unspecified atom stereocenters. The SMILES string of the molecule is CC(C(=O)N(c1ccc(F)cc1)C(C)C)c1ccc2c(c1)OCCO2. The molecular formula is C20H22FNO3. The van der Waals surface area contributed by atoms with E-state index < -0.39 is 0 Å². The molecule has 25 heavy (non-hydrogen) atoms. The quantitative estimate of drug-likeness (QED) is 0.837. The van der Waals surface area contributed by atoms with Gasteiger partial charge in [-0.3, -0.25) is 4.79 Å². The molecule has 1 amide bonds. The van der Waals surface area contributed by atoms with Gasteiger partial charge in [-0.15, -0.1) is 0 Å². The molecule has 0 bridgehead atoms. The maximum absolute atomic E-state index is 13.2. The van der Waals surface area contributed by atoms with Crippen molar-refractivity contribution in [2.24, 2.45) is 0 Å². The second-order valence-corrected chi connectivity index (χ2v) is 6.40. The number of benzene rings is 2. The number of carbonyl (C=O) groups excluding carboxylic acids is 1. The first-order chi connectivity index (χ1) is 12.0. The van der Waals surface area contributed by atoms with Crippen molar-refractivity contribution in [3.63, 3.8) is 0 Å². The van der Waals surface area contributed by atoms with Gasteiger partial charge in [-0.05, 0) is 62.7 Å². The summed E-state index contributed by atoms with van der Waals surface area (Å²) in [5, 5.41) is 0. The van der Waals surface area contributed by atoms with E-state index in [-0.39, 0.29) is 23.7 Å². The van der Waals surface area contributed by atoms with Gasteiger partial charge in [0.25, 0.3) is 0 Å². The summed E-state index contributed by atoms with van der Waals surface area (Å²) in [5.74, 6) is 0.650. The molecule has 0 fully saturated rings. The molecule has 0 spiro atoms. The Bertz CT molecular complexity index is 758. The van der Waals surface area contributed by atoms with Crippen LogP contribution in [0.3, 0.4) is 0 Å². The van der Waals surface area contributed by atoms with E-state index in [0.717, 1.165) is 5.56 Å². The van der Waals surface area contributed by atoms with Gasteiger partial charge in [-0.25, -0.2) is 4.39 Å². The number of amides is 1. The summed E-state index contributed by atoms with van der Waals surface area (Å²) in [6, 6.07) is 11.5. The number of nitrogens with zero attached hydrogens (tertiary/aromatic N) is 1. The summed E-state index contributed by atoms with van der Waals surface area (Å²) in [5.41, 5.74) is 1.55. The average molecular weight is 343 g/mol. The van der Waals surface area contributed by atoms with E-state index in [1.54, 1.807) is 17.0 Å². The molecule has 0 N–H and O–H groups in total. The Morgan fingerprint density at radius 2 is 1.64 bits per heavy atom. The van der Waals surface area contributed by atoms with E-state index in [1.165, 1.54) is 12.1 Å². The molecular weight excluding hydrogens is 321 g/mol. The van der Waals surface area contributed by atoms with Gasteiger partial charge in [0.2, 0.25) is 5.91 Å². The van der Waals surface area contributed by atoms with Gasteiger partial charge < -0.3 is 14.4 Å². The van der Waals surface area contributed by atoms with Crippen LogP contribution in [-0.2, 0) is 4.79 Å². The minimum atomic E-state index is -0.358. The van der Waals surface area contributed by atoms with Crippen LogP contribution in [0.4, 0.5) is 10.1 Å². The van der Waals surface area contributed by atoms with E-state index in [4.69, 9.17) is 9.47 Å². The monoisotopic (exact) mass is 343 g/mol. The summed E-state index contributed by atoms with van der Waals surface area (Å²) in [6.07, 6.45) is 0. The van der Waals surface area contributed by atoms with Crippen LogP contribution in [0.2, 0.25) is 0 Å². The van der Waals surface area contributed by atoms with Crippen LogP contribution in [-0.4, -0.2) is 25.2 Å². The van der Waals surface area contributed by atoms with Gasteiger partial charge in [0.05, 0.1) is 5.92 Å². The van der Waals surface area contributed by atoms with Crippen LogP contribution in [0.5, 0.6) is 11.5 Å². The molecule has 1 heterocycles. The maximum atomic E-state index is 13.2. The Kier molecular flexibility index (Phi) is 4.93. The third-order valence-electron chi connectivity index (χ3n) is 4.30. The molecule has 2 aromatic rings. The van der Waals surface area contributed by atoms with Crippen LogP contribution >= 0.6 is 0 Å². The molecule has 4 nitrogen and oxygen atoms in total. The first-order valence-corrected chi connectivity index (χ1v) is 8.45. The zero-order valence-corrected chi connectivity index (χ0v) is 14.7. The van der Waals surface area contributed by atoms with Crippen molar-refractivity contribution < 1.29 is 18.7 Å². The third kappa shape index (κ3) is 3.60. The lowest BCUT2D eigenvalue weighted by Crippen LogP contribution is -2.39. The molecule has 3 rings (SSSR count).